The maximum Gasteiger partial charge on any atom is 0.0753 e. The minimum absolute atomic E-state index is 0.451. The smallest absolute Gasteiger partial charge is 0.0753 e. The first-order valence-electron chi connectivity index (χ1n) is 5.27. The molecule has 1 aromatic rings. The lowest BCUT2D eigenvalue weighted by molar-refractivity contribution is 0.531. The van der Waals surface area contributed by atoms with Crippen molar-refractivity contribution in [2.45, 2.75) is 19.9 Å². The molecule has 1 saturated heterocycles. The number of rotatable bonds is 2. The number of hydrogen-bond acceptors (Lipinski definition) is 3. The van der Waals surface area contributed by atoms with Crippen molar-refractivity contribution < 1.29 is 0 Å². The van der Waals surface area contributed by atoms with Crippen molar-refractivity contribution in [3.05, 3.63) is 12.4 Å². The SMILES string of the molecule is CC(C)n1cc(N2CCNCC2)cn1. The van der Waals surface area contributed by atoms with Gasteiger partial charge in [0.15, 0.2) is 0 Å². The van der Waals surface area contributed by atoms with E-state index in [1.54, 1.807) is 0 Å². The topological polar surface area (TPSA) is 33.1 Å². The van der Waals surface area contributed by atoms with Crippen LogP contribution in [0.15, 0.2) is 12.4 Å². The first kappa shape index (κ1) is 9.52. The zero-order valence-corrected chi connectivity index (χ0v) is 8.90. The zero-order valence-electron chi connectivity index (χ0n) is 8.90. The van der Waals surface area contributed by atoms with Crippen molar-refractivity contribution >= 4 is 5.69 Å². The van der Waals surface area contributed by atoms with Crippen LogP contribution in [0.25, 0.3) is 0 Å². The minimum Gasteiger partial charge on any atom is -0.366 e. The Bertz CT molecular complexity index is 286. The largest absolute Gasteiger partial charge is 0.366 e. The van der Waals surface area contributed by atoms with Gasteiger partial charge in [0.1, 0.15) is 0 Å². The molecule has 0 spiro atoms. The fourth-order valence-corrected chi connectivity index (χ4v) is 1.70. The van der Waals surface area contributed by atoms with Crippen LogP contribution in [0.4, 0.5) is 5.69 Å². The monoisotopic (exact) mass is 194 g/mol. The number of piperazine rings is 1. The molecule has 2 heterocycles. The van der Waals surface area contributed by atoms with Gasteiger partial charge < -0.3 is 10.2 Å². The fraction of sp³-hybridized carbons (Fsp3) is 0.700. The van der Waals surface area contributed by atoms with E-state index in [4.69, 9.17) is 0 Å². The Hall–Kier alpha value is -1.03. The summed E-state index contributed by atoms with van der Waals surface area (Å²) in [5.41, 5.74) is 1.25. The second kappa shape index (κ2) is 4.00. The van der Waals surface area contributed by atoms with Crippen molar-refractivity contribution in [1.82, 2.24) is 15.1 Å². The van der Waals surface area contributed by atoms with Gasteiger partial charge in [-0.1, -0.05) is 0 Å². The Morgan fingerprint density at radius 3 is 2.64 bits per heavy atom. The van der Waals surface area contributed by atoms with Gasteiger partial charge in [0.25, 0.3) is 0 Å². The van der Waals surface area contributed by atoms with Gasteiger partial charge in [-0.15, -0.1) is 0 Å². The molecule has 4 heteroatoms. The maximum absolute atomic E-state index is 4.35. The van der Waals surface area contributed by atoms with Crippen LogP contribution in [0.1, 0.15) is 19.9 Å². The Balaban J connectivity index is 2.07. The number of anilines is 1. The summed E-state index contributed by atoms with van der Waals surface area (Å²) in [7, 11) is 0. The van der Waals surface area contributed by atoms with Crippen LogP contribution in [0.2, 0.25) is 0 Å². The first-order chi connectivity index (χ1) is 6.77. The summed E-state index contributed by atoms with van der Waals surface area (Å²) in [5.74, 6) is 0. The quantitative estimate of drug-likeness (QED) is 0.758. The molecule has 0 aliphatic carbocycles. The Labute approximate surface area is 84.9 Å². The van der Waals surface area contributed by atoms with E-state index >= 15 is 0 Å². The second-order valence-electron chi connectivity index (χ2n) is 4.01. The molecule has 0 radical (unpaired) electrons. The third-order valence-corrected chi connectivity index (χ3v) is 2.60. The zero-order chi connectivity index (χ0) is 9.97. The number of nitrogens with zero attached hydrogens (tertiary/aromatic N) is 3. The van der Waals surface area contributed by atoms with E-state index in [-0.39, 0.29) is 0 Å². The average molecular weight is 194 g/mol. The van der Waals surface area contributed by atoms with Gasteiger partial charge in [-0.25, -0.2) is 0 Å². The molecule has 4 nitrogen and oxygen atoms in total. The van der Waals surface area contributed by atoms with Crippen LogP contribution in [0.3, 0.4) is 0 Å². The van der Waals surface area contributed by atoms with Gasteiger partial charge in [-0.2, -0.15) is 5.10 Å². The summed E-state index contributed by atoms with van der Waals surface area (Å²) < 4.78 is 2.01. The highest BCUT2D eigenvalue weighted by Crippen LogP contribution is 2.15. The predicted octanol–water partition coefficient (Wildman–Crippen LogP) is 0.874. The molecular weight excluding hydrogens is 176 g/mol. The molecule has 0 unspecified atom stereocenters. The standard InChI is InChI=1S/C10H18N4/c1-9(2)14-8-10(7-12-14)13-5-3-11-4-6-13/h7-9,11H,3-6H2,1-2H3. The molecule has 0 bridgehead atoms. The molecule has 1 aliphatic heterocycles. The fourth-order valence-electron chi connectivity index (χ4n) is 1.70. The van der Waals surface area contributed by atoms with E-state index in [0.717, 1.165) is 26.2 Å². The van der Waals surface area contributed by atoms with Gasteiger partial charge >= 0.3 is 0 Å². The summed E-state index contributed by atoms with van der Waals surface area (Å²) in [4.78, 5) is 2.38. The van der Waals surface area contributed by atoms with Crippen molar-refractivity contribution in [2.24, 2.45) is 0 Å². The first-order valence-corrected chi connectivity index (χ1v) is 5.27. The third-order valence-electron chi connectivity index (χ3n) is 2.60. The van der Waals surface area contributed by atoms with E-state index in [2.05, 4.69) is 35.4 Å². The molecule has 1 aliphatic rings. The molecule has 1 aromatic heterocycles. The van der Waals surface area contributed by atoms with Crippen LogP contribution in [-0.4, -0.2) is 36.0 Å². The van der Waals surface area contributed by atoms with Crippen LogP contribution >= 0.6 is 0 Å². The highest BCUT2D eigenvalue weighted by atomic mass is 15.3. The van der Waals surface area contributed by atoms with Crippen molar-refractivity contribution in [3.8, 4) is 0 Å². The van der Waals surface area contributed by atoms with Gasteiger partial charge in [0.2, 0.25) is 0 Å². The van der Waals surface area contributed by atoms with Crippen molar-refractivity contribution in [1.29, 1.82) is 0 Å². The van der Waals surface area contributed by atoms with E-state index < -0.39 is 0 Å². The predicted molar refractivity (Wildman–Crippen MR) is 57.7 cm³/mol. The summed E-state index contributed by atoms with van der Waals surface area (Å²) in [5, 5.41) is 7.69. The van der Waals surface area contributed by atoms with Gasteiger partial charge in [-0.3, -0.25) is 4.68 Å². The lowest BCUT2D eigenvalue weighted by atomic mass is 10.3. The molecule has 1 fully saturated rings. The molecule has 0 amide bonds. The lowest BCUT2D eigenvalue weighted by Gasteiger charge is -2.27. The minimum atomic E-state index is 0.451. The van der Waals surface area contributed by atoms with E-state index in [0.29, 0.717) is 6.04 Å². The lowest BCUT2D eigenvalue weighted by Crippen LogP contribution is -2.43. The normalized spacial score (nSPS) is 17.8. The molecule has 0 saturated carbocycles. The van der Waals surface area contributed by atoms with Crippen LogP contribution in [0.5, 0.6) is 0 Å². The molecule has 78 valence electrons. The van der Waals surface area contributed by atoms with Gasteiger partial charge in [0, 0.05) is 38.4 Å². The van der Waals surface area contributed by atoms with Crippen LogP contribution in [-0.2, 0) is 0 Å². The summed E-state index contributed by atoms with van der Waals surface area (Å²) in [6.45, 7) is 8.62. The third kappa shape index (κ3) is 1.90. The number of aromatic nitrogens is 2. The molecule has 2 rings (SSSR count). The summed E-state index contributed by atoms with van der Waals surface area (Å²) >= 11 is 0. The average Bonchev–Trinajstić information content (AvgIpc) is 2.68. The molecule has 14 heavy (non-hydrogen) atoms. The highest BCUT2D eigenvalue weighted by molar-refractivity contribution is 5.42. The molecule has 1 N–H and O–H groups in total. The highest BCUT2D eigenvalue weighted by Gasteiger charge is 2.12. The molecular formula is C10H18N4. The molecule has 0 atom stereocenters. The number of hydrogen-bond donors (Lipinski definition) is 1. The van der Waals surface area contributed by atoms with E-state index in [1.807, 2.05) is 10.9 Å². The van der Waals surface area contributed by atoms with Gasteiger partial charge in [-0.05, 0) is 13.8 Å². The Morgan fingerprint density at radius 1 is 1.36 bits per heavy atom. The van der Waals surface area contributed by atoms with E-state index in [9.17, 15) is 0 Å². The van der Waals surface area contributed by atoms with Gasteiger partial charge in [0.05, 0.1) is 11.9 Å². The second-order valence-corrected chi connectivity index (χ2v) is 4.01. The summed E-state index contributed by atoms with van der Waals surface area (Å²) in [6, 6.07) is 0.451. The number of nitrogens with one attached hydrogen (secondary N) is 1. The maximum atomic E-state index is 4.35. The summed E-state index contributed by atoms with van der Waals surface area (Å²) in [6.07, 6.45) is 4.10. The van der Waals surface area contributed by atoms with Crippen molar-refractivity contribution in [3.63, 3.8) is 0 Å². The Morgan fingerprint density at radius 2 is 2.07 bits per heavy atom. The van der Waals surface area contributed by atoms with E-state index in [1.165, 1.54) is 5.69 Å². The van der Waals surface area contributed by atoms with Crippen LogP contribution < -0.4 is 10.2 Å². The molecule has 0 aromatic carbocycles. The Kier molecular flexibility index (Phi) is 2.72. The van der Waals surface area contributed by atoms with Crippen molar-refractivity contribution in [2.75, 3.05) is 31.1 Å². The van der Waals surface area contributed by atoms with Crippen LogP contribution in [0, 0.1) is 0 Å².